The average molecular weight is 319 g/mol. The van der Waals surface area contributed by atoms with E-state index < -0.39 is 12.4 Å². The van der Waals surface area contributed by atoms with E-state index in [1.54, 1.807) is 11.8 Å². The molecule has 1 fully saturated rings. The zero-order chi connectivity index (χ0) is 17.0. The van der Waals surface area contributed by atoms with E-state index >= 15 is 0 Å². The summed E-state index contributed by atoms with van der Waals surface area (Å²) in [5.41, 5.74) is 3.29. The van der Waals surface area contributed by atoms with Crippen LogP contribution in [-0.2, 0) is 20.7 Å². The van der Waals surface area contributed by atoms with Crippen molar-refractivity contribution in [2.45, 2.75) is 46.8 Å². The normalized spacial score (nSPS) is 20.4. The summed E-state index contributed by atoms with van der Waals surface area (Å²) < 4.78 is 10.2. The lowest BCUT2D eigenvalue weighted by molar-refractivity contribution is -0.140. The van der Waals surface area contributed by atoms with Crippen LogP contribution in [0, 0.1) is 19.8 Å². The van der Waals surface area contributed by atoms with Crippen molar-refractivity contribution in [2.24, 2.45) is 5.92 Å². The third kappa shape index (κ3) is 4.24. The van der Waals surface area contributed by atoms with Crippen LogP contribution in [0.3, 0.4) is 0 Å². The number of amides is 1. The summed E-state index contributed by atoms with van der Waals surface area (Å²) in [6.45, 7) is 8.61. The Kier molecular flexibility index (Phi) is 5.64. The zero-order valence-corrected chi connectivity index (χ0v) is 14.3. The lowest BCUT2D eigenvalue weighted by Crippen LogP contribution is -2.41. The minimum Gasteiger partial charge on any atom is -0.435 e. The molecule has 2 atom stereocenters. The first kappa shape index (κ1) is 17.3. The minimum atomic E-state index is -0.712. The Balaban J connectivity index is 2.06. The molecule has 5 nitrogen and oxygen atoms in total. The van der Waals surface area contributed by atoms with E-state index in [0.717, 1.165) is 17.5 Å². The molecule has 1 aromatic rings. The molecule has 0 spiro atoms. The minimum absolute atomic E-state index is 0.0180. The van der Waals surface area contributed by atoms with Gasteiger partial charge in [0, 0.05) is 12.5 Å². The Labute approximate surface area is 137 Å². The maximum atomic E-state index is 12.6. The average Bonchev–Trinajstić information content (AvgIpc) is 2.83. The highest BCUT2D eigenvalue weighted by Crippen LogP contribution is 2.26. The SMILES string of the molecule is CCOC(=O)OC1C(C)CCN1C(=O)Cc1ccc(C)cc1C. The van der Waals surface area contributed by atoms with Crippen molar-refractivity contribution >= 4 is 12.1 Å². The summed E-state index contributed by atoms with van der Waals surface area (Å²) in [5.74, 6) is 0.0954. The summed E-state index contributed by atoms with van der Waals surface area (Å²) >= 11 is 0. The third-order valence-corrected chi connectivity index (χ3v) is 4.26. The Hall–Kier alpha value is -2.04. The topological polar surface area (TPSA) is 55.8 Å². The number of nitrogens with zero attached hydrogens (tertiary/aromatic N) is 1. The number of ether oxygens (including phenoxy) is 2. The van der Waals surface area contributed by atoms with Gasteiger partial charge in [-0.2, -0.15) is 0 Å². The lowest BCUT2D eigenvalue weighted by atomic mass is 10.0. The molecule has 1 heterocycles. The van der Waals surface area contributed by atoms with Crippen molar-refractivity contribution in [3.8, 4) is 0 Å². The molecule has 1 saturated heterocycles. The van der Waals surface area contributed by atoms with Crippen LogP contribution in [0.15, 0.2) is 18.2 Å². The van der Waals surface area contributed by atoms with Gasteiger partial charge in [0.25, 0.3) is 0 Å². The number of carbonyl (C=O) groups excluding carboxylic acids is 2. The molecule has 0 aliphatic carbocycles. The van der Waals surface area contributed by atoms with E-state index in [-0.39, 0.29) is 18.4 Å². The van der Waals surface area contributed by atoms with E-state index in [1.807, 2.05) is 32.9 Å². The van der Waals surface area contributed by atoms with Crippen molar-refractivity contribution in [1.29, 1.82) is 0 Å². The van der Waals surface area contributed by atoms with Crippen molar-refractivity contribution in [3.63, 3.8) is 0 Å². The standard InChI is InChI=1S/C18H25NO4/c1-5-22-18(21)23-17-13(3)8-9-19(17)16(20)11-15-7-6-12(2)10-14(15)4/h6-7,10,13,17H,5,8-9,11H2,1-4H3. The second kappa shape index (κ2) is 7.49. The first-order chi connectivity index (χ1) is 10.9. The molecule has 0 saturated carbocycles. The van der Waals surface area contributed by atoms with Gasteiger partial charge >= 0.3 is 6.16 Å². The van der Waals surface area contributed by atoms with Gasteiger partial charge in [-0.3, -0.25) is 4.79 Å². The van der Waals surface area contributed by atoms with Gasteiger partial charge in [-0.25, -0.2) is 4.79 Å². The highest BCUT2D eigenvalue weighted by atomic mass is 16.7. The van der Waals surface area contributed by atoms with E-state index in [2.05, 4.69) is 6.07 Å². The van der Waals surface area contributed by atoms with E-state index in [9.17, 15) is 9.59 Å². The fraction of sp³-hybridized carbons (Fsp3) is 0.556. The molecule has 0 aromatic heterocycles. The molecular weight excluding hydrogens is 294 g/mol. The zero-order valence-electron chi connectivity index (χ0n) is 14.3. The van der Waals surface area contributed by atoms with Crippen molar-refractivity contribution in [1.82, 2.24) is 4.90 Å². The molecule has 2 unspecified atom stereocenters. The van der Waals surface area contributed by atoms with Gasteiger partial charge in [0.05, 0.1) is 13.0 Å². The van der Waals surface area contributed by atoms with Gasteiger partial charge < -0.3 is 14.4 Å². The van der Waals surface area contributed by atoms with E-state index in [4.69, 9.17) is 9.47 Å². The number of rotatable bonds is 4. The Morgan fingerprint density at radius 3 is 2.70 bits per heavy atom. The Morgan fingerprint density at radius 1 is 1.30 bits per heavy atom. The van der Waals surface area contributed by atoms with Gasteiger partial charge in [0.15, 0.2) is 6.23 Å². The first-order valence-electron chi connectivity index (χ1n) is 8.11. The molecule has 2 rings (SSSR count). The van der Waals surface area contributed by atoms with Crippen LogP contribution in [0.5, 0.6) is 0 Å². The van der Waals surface area contributed by atoms with E-state index in [0.29, 0.717) is 13.0 Å². The summed E-state index contributed by atoms with van der Waals surface area (Å²) in [4.78, 5) is 25.9. The quantitative estimate of drug-likeness (QED) is 0.800. The molecule has 5 heteroatoms. The highest BCUT2D eigenvalue weighted by molar-refractivity contribution is 5.80. The van der Waals surface area contributed by atoms with Crippen LogP contribution in [0.2, 0.25) is 0 Å². The molecular formula is C18H25NO4. The van der Waals surface area contributed by atoms with Crippen molar-refractivity contribution in [3.05, 3.63) is 34.9 Å². The molecule has 23 heavy (non-hydrogen) atoms. The molecule has 126 valence electrons. The van der Waals surface area contributed by atoms with Gasteiger partial charge in [-0.05, 0) is 38.3 Å². The first-order valence-corrected chi connectivity index (χ1v) is 8.11. The van der Waals surface area contributed by atoms with Gasteiger partial charge in [-0.15, -0.1) is 0 Å². The second-order valence-electron chi connectivity index (χ2n) is 6.15. The van der Waals surface area contributed by atoms with Crippen molar-refractivity contribution in [2.75, 3.05) is 13.2 Å². The fourth-order valence-electron chi connectivity index (χ4n) is 2.93. The number of hydrogen-bond acceptors (Lipinski definition) is 4. The predicted molar refractivity (Wildman–Crippen MR) is 87.0 cm³/mol. The molecule has 1 aliphatic heterocycles. The maximum absolute atomic E-state index is 12.6. The maximum Gasteiger partial charge on any atom is 0.510 e. The third-order valence-electron chi connectivity index (χ3n) is 4.26. The van der Waals surface area contributed by atoms with Crippen LogP contribution < -0.4 is 0 Å². The summed E-state index contributed by atoms with van der Waals surface area (Å²) in [5, 5.41) is 0. The largest absolute Gasteiger partial charge is 0.510 e. The summed E-state index contributed by atoms with van der Waals surface area (Å²) in [6, 6.07) is 6.07. The summed E-state index contributed by atoms with van der Waals surface area (Å²) in [6.07, 6.45) is -0.104. The van der Waals surface area contributed by atoms with Crippen LogP contribution in [0.25, 0.3) is 0 Å². The number of likely N-dealkylation sites (tertiary alicyclic amines) is 1. The number of benzene rings is 1. The highest BCUT2D eigenvalue weighted by Gasteiger charge is 2.37. The number of aryl methyl sites for hydroxylation is 2. The number of carbonyl (C=O) groups is 2. The molecule has 0 N–H and O–H groups in total. The molecule has 0 radical (unpaired) electrons. The van der Waals surface area contributed by atoms with Gasteiger partial charge in [0.1, 0.15) is 0 Å². The van der Waals surface area contributed by atoms with Crippen LogP contribution >= 0.6 is 0 Å². The monoisotopic (exact) mass is 319 g/mol. The number of hydrogen-bond donors (Lipinski definition) is 0. The van der Waals surface area contributed by atoms with E-state index in [1.165, 1.54) is 5.56 Å². The fourth-order valence-corrected chi connectivity index (χ4v) is 2.93. The second-order valence-corrected chi connectivity index (χ2v) is 6.15. The smallest absolute Gasteiger partial charge is 0.435 e. The molecule has 1 amide bonds. The van der Waals surface area contributed by atoms with Gasteiger partial charge in [0.2, 0.25) is 5.91 Å². The summed E-state index contributed by atoms with van der Waals surface area (Å²) in [7, 11) is 0. The Bertz CT molecular complexity index is 584. The molecule has 1 aliphatic rings. The molecule has 1 aromatic carbocycles. The van der Waals surface area contributed by atoms with Crippen molar-refractivity contribution < 1.29 is 19.1 Å². The van der Waals surface area contributed by atoms with Crippen LogP contribution in [0.1, 0.15) is 37.0 Å². The van der Waals surface area contributed by atoms with Gasteiger partial charge in [-0.1, -0.05) is 30.7 Å². The van der Waals surface area contributed by atoms with Crippen LogP contribution in [-0.4, -0.2) is 36.3 Å². The predicted octanol–water partition coefficient (Wildman–Crippen LogP) is 3.21. The lowest BCUT2D eigenvalue weighted by Gasteiger charge is -2.26. The Morgan fingerprint density at radius 2 is 2.04 bits per heavy atom. The van der Waals surface area contributed by atoms with Crippen LogP contribution in [0.4, 0.5) is 4.79 Å². The molecule has 0 bridgehead atoms.